The fraction of sp³-hybridized carbons (Fsp3) is 0.667. The molecule has 0 bridgehead atoms. The highest BCUT2D eigenvalue weighted by atomic mass is 35.5. The van der Waals surface area contributed by atoms with E-state index in [9.17, 15) is 4.79 Å². The number of hydrogen-bond donors (Lipinski definition) is 2. The number of aromatic nitrogens is 1. The van der Waals surface area contributed by atoms with E-state index in [4.69, 9.17) is 10.5 Å². The summed E-state index contributed by atoms with van der Waals surface area (Å²) in [6.45, 7) is 5.50. The Morgan fingerprint density at radius 1 is 1.31 bits per heavy atom. The van der Waals surface area contributed by atoms with E-state index >= 15 is 0 Å². The van der Waals surface area contributed by atoms with Crippen LogP contribution < -0.4 is 16.0 Å². The smallest absolute Gasteiger partial charge is 0.227 e. The molecule has 0 spiro atoms. The number of carbonyl (C=O) groups is 1. The number of carbonyl (C=O) groups excluding carboxylic acids is 1. The molecular weight excluding hydrogens is 375 g/mol. The first-order valence-corrected chi connectivity index (χ1v) is 8.90. The lowest BCUT2D eigenvalue weighted by molar-refractivity contribution is -0.136. The van der Waals surface area contributed by atoms with Crippen molar-refractivity contribution in [2.24, 2.45) is 11.1 Å². The summed E-state index contributed by atoms with van der Waals surface area (Å²) in [7, 11) is 0. The number of nitrogens with two attached hydrogens (primary N) is 1. The number of nitrogens with zero attached hydrogens (tertiary/aromatic N) is 2. The molecule has 6 nitrogen and oxygen atoms in total. The molecular formula is C18H30Cl2N4O2. The van der Waals surface area contributed by atoms with E-state index in [2.05, 4.69) is 21.3 Å². The molecule has 1 amide bonds. The summed E-state index contributed by atoms with van der Waals surface area (Å²) in [6, 6.07) is 6.33. The van der Waals surface area contributed by atoms with Gasteiger partial charge in [-0.05, 0) is 44.7 Å². The summed E-state index contributed by atoms with van der Waals surface area (Å²) < 4.78 is 5.39. The van der Waals surface area contributed by atoms with Crippen LogP contribution in [0.25, 0.3) is 0 Å². The van der Waals surface area contributed by atoms with Crippen LogP contribution in [-0.4, -0.2) is 49.8 Å². The predicted molar refractivity (Wildman–Crippen MR) is 108 cm³/mol. The second-order valence-electron chi connectivity index (χ2n) is 6.97. The zero-order valence-electron chi connectivity index (χ0n) is 15.3. The van der Waals surface area contributed by atoms with E-state index in [0.29, 0.717) is 19.8 Å². The molecule has 0 aromatic carbocycles. The highest BCUT2D eigenvalue weighted by Crippen LogP contribution is 2.30. The zero-order chi connectivity index (χ0) is 17.0. The van der Waals surface area contributed by atoms with Gasteiger partial charge in [0.15, 0.2) is 0 Å². The molecule has 148 valence electrons. The van der Waals surface area contributed by atoms with E-state index in [0.717, 1.165) is 50.3 Å². The molecule has 2 aliphatic rings. The van der Waals surface area contributed by atoms with E-state index < -0.39 is 5.41 Å². The number of piperidine rings is 1. The lowest BCUT2D eigenvalue weighted by atomic mass is 9.79. The third-order valence-electron chi connectivity index (χ3n) is 5.35. The number of aryl methyl sites for hydroxylation is 1. The molecule has 3 rings (SSSR count). The average Bonchev–Trinajstić information content (AvgIpc) is 2.63. The molecule has 1 aromatic heterocycles. The van der Waals surface area contributed by atoms with Gasteiger partial charge >= 0.3 is 0 Å². The Bertz CT molecular complexity index is 574. The third kappa shape index (κ3) is 5.22. The van der Waals surface area contributed by atoms with Crippen LogP contribution in [0.3, 0.4) is 0 Å². The second-order valence-corrected chi connectivity index (χ2v) is 6.97. The summed E-state index contributed by atoms with van der Waals surface area (Å²) in [4.78, 5) is 19.6. The van der Waals surface area contributed by atoms with Gasteiger partial charge in [0.25, 0.3) is 0 Å². The molecule has 0 saturated carbocycles. The van der Waals surface area contributed by atoms with Gasteiger partial charge in [0.1, 0.15) is 5.82 Å². The van der Waals surface area contributed by atoms with Gasteiger partial charge in [0.05, 0.1) is 5.41 Å². The van der Waals surface area contributed by atoms with E-state index in [1.165, 1.54) is 0 Å². The standard InChI is InChI=1S/C18H28N4O2.2ClH/c1-14-3-2-4-16(20-14)22-9-5-15(6-10-22)21-17(23)18(13-19)7-11-24-12-8-18;;/h2-4,15H,5-13,19H2,1H3,(H,21,23);2*1H. The van der Waals surface area contributed by atoms with Crippen LogP contribution >= 0.6 is 24.8 Å². The van der Waals surface area contributed by atoms with Gasteiger partial charge < -0.3 is 20.7 Å². The molecule has 0 aliphatic carbocycles. The molecule has 3 heterocycles. The largest absolute Gasteiger partial charge is 0.381 e. The average molecular weight is 405 g/mol. The molecule has 8 heteroatoms. The summed E-state index contributed by atoms with van der Waals surface area (Å²) in [5, 5.41) is 3.24. The summed E-state index contributed by atoms with van der Waals surface area (Å²) in [5.41, 5.74) is 6.52. The first-order valence-electron chi connectivity index (χ1n) is 8.90. The maximum Gasteiger partial charge on any atom is 0.227 e. The van der Waals surface area contributed by atoms with Gasteiger partial charge in [-0.1, -0.05) is 6.07 Å². The van der Waals surface area contributed by atoms with Crippen molar-refractivity contribution in [1.29, 1.82) is 0 Å². The SMILES string of the molecule is Cc1cccc(N2CCC(NC(=O)C3(CN)CCOCC3)CC2)n1.Cl.Cl. The van der Waals surface area contributed by atoms with Crippen molar-refractivity contribution in [2.45, 2.75) is 38.6 Å². The lowest BCUT2D eigenvalue weighted by Crippen LogP contribution is -2.53. The van der Waals surface area contributed by atoms with Gasteiger partial charge in [-0.2, -0.15) is 0 Å². The second kappa shape index (κ2) is 10.3. The van der Waals surface area contributed by atoms with Crippen LogP contribution in [0, 0.1) is 12.3 Å². The van der Waals surface area contributed by atoms with E-state index in [1.807, 2.05) is 19.1 Å². The van der Waals surface area contributed by atoms with Crippen molar-refractivity contribution in [3.63, 3.8) is 0 Å². The fourth-order valence-electron chi connectivity index (χ4n) is 3.58. The number of hydrogen-bond acceptors (Lipinski definition) is 5. The minimum absolute atomic E-state index is 0. The van der Waals surface area contributed by atoms with Gasteiger partial charge in [-0.15, -0.1) is 24.8 Å². The molecule has 2 fully saturated rings. The van der Waals surface area contributed by atoms with Crippen molar-refractivity contribution in [3.05, 3.63) is 23.9 Å². The molecule has 26 heavy (non-hydrogen) atoms. The normalized spacial score (nSPS) is 19.8. The summed E-state index contributed by atoms with van der Waals surface area (Å²) in [5.74, 6) is 1.14. The molecule has 0 radical (unpaired) electrons. The van der Waals surface area contributed by atoms with Crippen LogP contribution in [0.5, 0.6) is 0 Å². The van der Waals surface area contributed by atoms with Crippen molar-refractivity contribution >= 4 is 36.5 Å². The quantitative estimate of drug-likeness (QED) is 0.802. The molecule has 2 aliphatic heterocycles. The first kappa shape index (κ1) is 23.0. The Balaban J connectivity index is 0.00000169. The van der Waals surface area contributed by atoms with Crippen LogP contribution in [0.4, 0.5) is 5.82 Å². The highest BCUT2D eigenvalue weighted by molar-refractivity contribution is 5.85. The molecule has 2 saturated heterocycles. The van der Waals surface area contributed by atoms with Gasteiger partial charge in [0, 0.05) is 44.6 Å². The highest BCUT2D eigenvalue weighted by Gasteiger charge is 2.39. The lowest BCUT2D eigenvalue weighted by Gasteiger charge is -2.38. The topological polar surface area (TPSA) is 80.5 Å². The van der Waals surface area contributed by atoms with Gasteiger partial charge in [0.2, 0.25) is 5.91 Å². The van der Waals surface area contributed by atoms with Gasteiger partial charge in [-0.3, -0.25) is 4.79 Å². The van der Waals surface area contributed by atoms with E-state index in [-0.39, 0.29) is 36.8 Å². The first-order chi connectivity index (χ1) is 11.6. The Morgan fingerprint density at radius 3 is 2.54 bits per heavy atom. The van der Waals surface area contributed by atoms with E-state index in [1.54, 1.807) is 0 Å². The van der Waals surface area contributed by atoms with Gasteiger partial charge in [-0.25, -0.2) is 4.98 Å². The minimum atomic E-state index is -0.437. The number of anilines is 1. The molecule has 0 unspecified atom stereocenters. The van der Waals surface area contributed by atoms with Crippen LogP contribution in [0.1, 0.15) is 31.4 Å². The number of pyridine rings is 1. The van der Waals surface area contributed by atoms with Crippen molar-refractivity contribution in [3.8, 4) is 0 Å². The van der Waals surface area contributed by atoms with Crippen LogP contribution in [-0.2, 0) is 9.53 Å². The number of nitrogens with one attached hydrogen (secondary N) is 1. The number of ether oxygens (including phenoxy) is 1. The van der Waals surface area contributed by atoms with Crippen molar-refractivity contribution < 1.29 is 9.53 Å². The Kier molecular flexibility index (Phi) is 9.10. The van der Waals surface area contributed by atoms with Crippen molar-refractivity contribution in [1.82, 2.24) is 10.3 Å². The maximum atomic E-state index is 12.7. The minimum Gasteiger partial charge on any atom is -0.381 e. The Hall–Kier alpha value is -1.08. The Labute approximate surface area is 168 Å². The molecule has 1 aromatic rings. The maximum absolute atomic E-state index is 12.7. The summed E-state index contributed by atoms with van der Waals surface area (Å²) in [6.07, 6.45) is 3.33. The van der Waals surface area contributed by atoms with Crippen LogP contribution in [0.15, 0.2) is 18.2 Å². The number of rotatable bonds is 4. The van der Waals surface area contributed by atoms with Crippen LogP contribution in [0.2, 0.25) is 0 Å². The zero-order valence-corrected chi connectivity index (χ0v) is 16.9. The monoisotopic (exact) mass is 404 g/mol. The van der Waals surface area contributed by atoms with Crippen molar-refractivity contribution in [2.75, 3.05) is 37.7 Å². The fourth-order valence-corrected chi connectivity index (χ4v) is 3.58. The number of amides is 1. The number of halogens is 2. The summed E-state index contributed by atoms with van der Waals surface area (Å²) >= 11 is 0. The molecule has 3 N–H and O–H groups in total. The third-order valence-corrected chi connectivity index (χ3v) is 5.35. The Morgan fingerprint density at radius 2 is 1.96 bits per heavy atom. The molecule has 0 atom stereocenters. The predicted octanol–water partition coefficient (Wildman–Crippen LogP) is 2.07.